The number of imidazole rings is 1. The lowest BCUT2D eigenvalue weighted by Crippen LogP contribution is -2.24. The summed E-state index contributed by atoms with van der Waals surface area (Å²) >= 11 is 3.09. The van der Waals surface area contributed by atoms with Gasteiger partial charge in [0.1, 0.15) is 0 Å². The van der Waals surface area contributed by atoms with E-state index in [-0.39, 0.29) is 10.5 Å². The molecule has 0 atom stereocenters. The first kappa shape index (κ1) is 16.4. The lowest BCUT2D eigenvalue weighted by atomic mass is 10.1. The Hall–Kier alpha value is -0.620. The zero-order valence-corrected chi connectivity index (χ0v) is 13.8. The van der Waals surface area contributed by atoms with Crippen molar-refractivity contribution >= 4 is 29.5 Å². The Kier molecular flexibility index (Phi) is 5.80. The van der Waals surface area contributed by atoms with Crippen LogP contribution in [0.25, 0.3) is 0 Å². The van der Waals surface area contributed by atoms with Gasteiger partial charge >= 0.3 is 5.97 Å². The molecule has 1 rings (SSSR count). The summed E-state index contributed by atoms with van der Waals surface area (Å²) in [5.41, 5.74) is 1.16. The monoisotopic (exact) mass is 302 g/mol. The van der Waals surface area contributed by atoms with Crippen molar-refractivity contribution < 1.29 is 9.90 Å². The fourth-order valence-electron chi connectivity index (χ4n) is 1.68. The van der Waals surface area contributed by atoms with Crippen LogP contribution < -0.4 is 0 Å². The van der Waals surface area contributed by atoms with Crippen LogP contribution in [-0.2, 0) is 11.3 Å². The van der Waals surface area contributed by atoms with Gasteiger partial charge in [0.2, 0.25) is 0 Å². The minimum Gasteiger partial charge on any atom is -0.481 e. The van der Waals surface area contributed by atoms with Gasteiger partial charge in [-0.05, 0) is 26.0 Å². The zero-order chi connectivity index (χ0) is 14.6. The Morgan fingerprint density at radius 3 is 2.63 bits per heavy atom. The second kappa shape index (κ2) is 6.70. The molecular weight excluding hydrogens is 280 g/mol. The number of rotatable bonds is 7. The Balaban J connectivity index is 3.01. The zero-order valence-electron chi connectivity index (χ0n) is 12.1. The predicted octanol–water partition coefficient (Wildman–Crippen LogP) is 3.32. The molecule has 0 aliphatic rings. The Bertz CT molecular complexity index is 442. The molecule has 1 heterocycles. The van der Waals surface area contributed by atoms with Crippen LogP contribution in [0.4, 0.5) is 0 Å². The molecular formula is C13H22N2O2S2. The third-order valence-corrected chi connectivity index (χ3v) is 5.07. The van der Waals surface area contributed by atoms with E-state index in [2.05, 4.69) is 43.5 Å². The van der Waals surface area contributed by atoms with Gasteiger partial charge < -0.3 is 9.67 Å². The average Bonchev–Trinajstić information content (AvgIpc) is 2.69. The summed E-state index contributed by atoms with van der Waals surface area (Å²) in [6, 6.07) is 0. The smallest absolute Gasteiger partial charge is 0.313 e. The molecule has 1 aromatic rings. The highest BCUT2D eigenvalue weighted by Gasteiger charge is 2.22. The van der Waals surface area contributed by atoms with Gasteiger partial charge in [0.25, 0.3) is 0 Å². The van der Waals surface area contributed by atoms with Crippen molar-refractivity contribution in [3.8, 4) is 0 Å². The molecule has 19 heavy (non-hydrogen) atoms. The molecule has 0 aromatic carbocycles. The number of thioether (sulfide) groups is 2. The van der Waals surface area contributed by atoms with Crippen LogP contribution in [0.2, 0.25) is 0 Å². The molecule has 108 valence electrons. The number of nitrogens with zero attached hydrogens (tertiary/aromatic N) is 2. The number of hydrogen-bond donors (Lipinski definition) is 1. The van der Waals surface area contributed by atoms with Gasteiger partial charge in [-0.15, -0.1) is 0 Å². The second-order valence-corrected chi connectivity index (χ2v) is 7.81. The molecule has 0 unspecified atom stereocenters. The standard InChI is InChI=1S/C13H22N2O2S2/c1-9(2)10-6-14-12(19-7-11(16)17)15(10)8-13(3,4)18-5/h6,9H,7-8H2,1-5H3,(H,16,17). The molecule has 1 aromatic heterocycles. The summed E-state index contributed by atoms with van der Waals surface area (Å²) < 4.78 is 2.26. The SMILES string of the molecule is CSC(C)(C)Cn1c(C(C)C)cnc1SCC(=O)O. The lowest BCUT2D eigenvalue weighted by molar-refractivity contribution is -0.133. The first-order valence-corrected chi connectivity index (χ1v) is 8.43. The van der Waals surface area contributed by atoms with Gasteiger partial charge in [0.15, 0.2) is 5.16 Å². The van der Waals surface area contributed by atoms with Crippen molar-refractivity contribution in [1.82, 2.24) is 9.55 Å². The first-order chi connectivity index (χ1) is 8.76. The summed E-state index contributed by atoms with van der Waals surface area (Å²) in [7, 11) is 0. The van der Waals surface area contributed by atoms with Crippen LogP contribution >= 0.6 is 23.5 Å². The van der Waals surface area contributed by atoms with Crippen molar-refractivity contribution in [2.45, 2.75) is 50.1 Å². The van der Waals surface area contributed by atoms with E-state index < -0.39 is 5.97 Å². The lowest BCUT2D eigenvalue weighted by Gasteiger charge is -2.25. The maximum Gasteiger partial charge on any atom is 0.313 e. The van der Waals surface area contributed by atoms with Crippen molar-refractivity contribution in [2.75, 3.05) is 12.0 Å². The summed E-state index contributed by atoms with van der Waals surface area (Å²) in [6.07, 6.45) is 3.96. The van der Waals surface area contributed by atoms with Crippen molar-refractivity contribution in [3.63, 3.8) is 0 Å². The topological polar surface area (TPSA) is 55.1 Å². The summed E-state index contributed by atoms with van der Waals surface area (Å²) in [5.74, 6) is -0.382. The molecule has 0 spiro atoms. The minimum absolute atomic E-state index is 0.0498. The predicted molar refractivity (Wildman–Crippen MR) is 82.3 cm³/mol. The molecule has 0 amide bonds. The van der Waals surface area contributed by atoms with Crippen LogP contribution in [-0.4, -0.2) is 37.4 Å². The van der Waals surface area contributed by atoms with E-state index in [1.165, 1.54) is 11.8 Å². The van der Waals surface area contributed by atoms with Crippen LogP contribution in [0.5, 0.6) is 0 Å². The molecule has 0 fully saturated rings. The molecule has 4 nitrogen and oxygen atoms in total. The summed E-state index contributed by atoms with van der Waals surface area (Å²) in [4.78, 5) is 15.1. The number of hydrogen-bond acceptors (Lipinski definition) is 4. The van der Waals surface area contributed by atoms with E-state index in [0.29, 0.717) is 5.92 Å². The van der Waals surface area contributed by atoms with Crippen LogP contribution in [0, 0.1) is 0 Å². The Morgan fingerprint density at radius 1 is 1.53 bits per heavy atom. The van der Waals surface area contributed by atoms with Gasteiger partial charge in [-0.3, -0.25) is 4.79 Å². The van der Waals surface area contributed by atoms with Crippen molar-refractivity contribution in [2.24, 2.45) is 0 Å². The van der Waals surface area contributed by atoms with E-state index in [1.807, 2.05) is 6.20 Å². The van der Waals surface area contributed by atoms with Crippen molar-refractivity contribution in [3.05, 3.63) is 11.9 Å². The normalized spacial score (nSPS) is 12.1. The Morgan fingerprint density at radius 2 is 2.16 bits per heavy atom. The molecule has 0 radical (unpaired) electrons. The third kappa shape index (κ3) is 4.76. The van der Waals surface area contributed by atoms with E-state index in [1.54, 1.807) is 11.8 Å². The molecule has 6 heteroatoms. The minimum atomic E-state index is -0.810. The molecule has 0 saturated carbocycles. The molecule has 1 N–H and O–H groups in total. The van der Waals surface area contributed by atoms with E-state index in [0.717, 1.165) is 17.4 Å². The first-order valence-electron chi connectivity index (χ1n) is 6.22. The number of carbonyl (C=O) groups is 1. The molecule has 0 bridgehead atoms. The average molecular weight is 302 g/mol. The van der Waals surface area contributed by atoms with Gasteiger partial charge in [-0.2, -0.15) is 11.8 Å². The maximum atomic E-state index is 10.7. The number of aliphatic carboxylic acids is 1. The fourth-order valence-corrected chi connectivity index (χ4v) is 2.64. The van der Waals surface area contributed by atoms with Gasteiger partial charge in [0.05, 0.1) is 5.75 Å². The highest BCUT2D eigenvalue weighted by Crippen LogP contribution is 2.29. The molecule has 0 aliphatic carbocycles. The van der Waals surface area contributed by atoms with E-state index in [4.69, 9.17) is 5.11 Å². The van der Waals surface area contributed by atoms with E-state index in [9.17, 15) is 4.79 Å². The second-order valence-electron chi connectivity index (χ2n) is 5.35. The van der Waals surface area contributed by atoms with Crippen LogP contribution in [0.3, 0.4) is 0 Å². The van der Waals surface area contributed by atoms with Crippen LogP contribution in [0.1, 0.15) is 39.3 Å². The van der Waals surface area contributed by atoms with Gasteiger partial charge in [0, 0.05) is 23.2 Å². The number of carboxylic acids is 1. The van der Waals surface area contributed by atoms with Gasteiger partial charge in [-0.1, -0.05) is 25.6 Å². The van der Waals surface area contributed by atoms with E-state index >= 15 is 0 Å². The Labute approximate surface area is 123 Å². The summed E-state index contributed by atoms with van der Waals surface area (Å²) in [5, 5.41) is 9.60. The van der Waals surface area contributed by atoms with Gasteiger partial charge in [-0.25, -0.2) is 4.98 Å². The van der Waals surface area contributed by atoms with Crippen molar-refractivity contribution in [1.29, 1.82) is 0 Å². The highest BCUT2D eigenvalue weighted by molar-refractivity contribution is 8.00. The fraction of sp³-hybridized carbons (Fsp3) is 0.692. The third-order valence-electron chi connectivity index (χ3n) is 2.86. The largest absolute Gasteiger partial charge is 0.481 e. The quantitative estimate of drug-likeness (QED) is 0.783. The number of carboxylic acid groups (broad SMARTS) is 1. The molecule has 0 aliphatic heterocycles. The summed E-state index contributed by atoms with van der Waals surface area (Å²) in [6.45, 7) is 9.47. The molecule has 0 saturated heterocycles. The maximum absolute atomic E-state index is 10.7. The highest BCUT2D eigenvalue weighted by atomic mass is 32.2. The number of aromatic nitrogens is 2. The van der Waals surface area contributed by atoms with Crippen LogP contribution in [0.15, 0.2) is 11.4 Å².